The van der Waals surface area contributed by atoms with Gasteiger partial charge in [-0.2, -0.15) is 0 Å². The Hall–Kier alpha value is -2.11. The number of carbonyl (C=O) groups is 2. The van der Waals surface area contributed by atoms with Gasteiger partial charge in [0.05, 0.1) is 12.2 Å². The fourth-order valence-electron chi connectivity index (χ4n) is 1.16. The molecule has 0 unspecified atom stereocenters. The van der Waals surface area contributed by atoms with Gasteiger partial charge in [-0.05, 0) is 24.6 Å². The summed E-state index contributed by atoms with van der Waals surface area (Å²) in [5.74, 6) is -3.03. The summed E-state index contributed by atoms with van der Waals surface area (Å²) in [7, 11) is 0. The summed E-state index contributed by atoms with van der Waals surface area (Å²) in [6, 6.07) is 3.28. The van der Waals surface area contributed by atoms with Crippen molar-refractivity contribution in [1.29, 1.82) is 0 Å². The number of hydrogen-bond acceptors (Lipinski definition) is 3. The van der Waals surface area contributed by atoms with E-state index in [2.05, 4.69) is 0 Å². The highest BCUT2D eigenvalue weighted by Crippen LogP contribution is 2.18. The minimum Gasteiger partial charge on any atom is -0.491 e. The largest absolute Gasteiger partial charge is 0.491 e. The van der Waals surface area contributed by atoms with E-state index in [1.165, 1.54) is 12.1 Å². The first kappa shape index (κ1) is 13.0. The molecule has 1 aromatic carbocycles. The predicted octanol–water partition coefficient (Wildman–Crippen LogP) is 1.77. The van der Waals surface area contributed by atoms with Crippen molar-refractivity contribution in [1.82, 2.24) is 0 Å². The standard InChI is InChI=1S/C11H11FO5/c12-8-6-7(11(15)16)3-4-9(8)17-5-1-2-10(13)14/h3-4,6H,1-2,5H2,(H,13,14)(H,15,16). The van der Waals surface area contributed by atoms with Crippen LogP contribution in [0.2, 0.25) is 0 Å². The van der Waals surface area contributed by atoms with Crippen molar-refractivity contribution in [2.45, 2.75) is 12.8 Å². The van der Waals surface area contributed by atoms with Crippen LogP contribution in [0.4, 0.5) is 4.39 Å². The van der Waals surface area contributed by atoms with Crippen LogP contribution in [0.3, 0.4) is 0 Å². The van der Waals surface area contributed by atoms with Gasteiger partial charge in [0.25, 0.3) is 0 Å². The second kappa shape index (κ2) is 5.83. The topological polar surface area (TPSA) is 83.8 Å². The lowest BCUT2D eigenvalue weighted by molar-refractivity contribution is -0.137. The van der Waals surface area contributed by atoms with Crippen molar-refractivity contribution < 1.29 is 28.9 Å². The lowest BCUT2D eigenvalue weighted by Crippen LogP contribution is -2.04. The lowest BCUT2D eigenvalue weighted by Gasteiger charge is -2.06. The fraction of sp³-hybridized carbons (Fsp3) is 0.273. The smallest absolute Gasteiger partial charge is 0.335 e. The molecule has 0 aliphatic rings. The van der Waals surface area contributed by atoms with Crippen LogP contribution in [0, 0.1) is 5.82 Å². The Morgan fingerprint density at radius 1 is 1.29 bits per heavy atom. The molecule has 5 nitrogen and oxygen atoms in total. The Labute approximate surface area is 96.4 Å². The molecule has 0 saturated heterocycles. The molecule has 1 rings (SSSR count). The minimum atomic E-state index is -1.22. The number of benzene rings is 1. The molecule has 0 aliphatic carbocycles. The van der Waals surface area contributed by atoms with Crippen LogP contribution >= 0.6 is 0 Å². The van der Waals surface area contributed by atoms with Gasteiger partial charge in [0.2, 0.25) is 0 Å². The Bertz CT molecular complexity index is 430. The van der Waals surface area contributed by atoms with Crippen LogP contribution in [0.1, 0.15) is 23.2 Å². The van der Waals surface area contributed by atoms with Gasteiger partial charge in [0.1, 0.15) is 0 Å². The number of rotatable bonds is 6. The molecule has 92 valence electrons. The molecule has 0 fully saturated rings. The maximum atomic E-state index is 13.3. The van der Waals surface area contributed by atoms with E-state index in [1.807, 2.05) is 0 Å². The normalized spacial score (nSPS) is 9.94. The number of aromatic carboxylic acids is 1. The second-order valence-corrected chi connectivity index (χ2v) is 3.30. The quantitative estimate of drug-likeness (QED) is 0.742. The Balaban J connectivity index is 2.54. The maximum Gasteiger partial charge on any atom is 0.335 e. The van der Waals surface area contributed by atoms with E-state index in [-0.39, 0.29) is 30.8 Å². The predicted molar refractivity (Wildman–Crippen MR) is 55.7 cm³/mol. The first-order valence-electron chi connectivity index (χ1n) is 4.88. The van der Waals surface area contributed by atoms with Gasteiger partial charge in [0, 0.05) is 6.42 Å². The van der Waals surface area contributed by atoms with Crippen molar-refractivity contribution in [3.63, 3.8) is 0 Å². The van der Waals surface area contributed by atoms with Crippen molar-refractivity contribution in [2.75, 3.05) is 6.61 Å². The summed E-state index contributed by atoms with van der Waals surface area (Å²) in [6.45, 7) is 0.0651. The highest BCUT2D eigenvalue weighted by molar-refractivity contribution is 5.87. The number of carboxylic acids is 2. The molecular weight excluding hydrogens is 231 g/mol. The van der Waals surface area contributed by atoms with Gasteiger partial charge in [-0.3, -0.25) is 4.79 Å². The minimum absolute atomic E-state index is 0.0607. The molecule has 6 heteroatoms. The summed E-state index contributed by atoms with van der Waals surface area (Å²) in [5.41, 5.74) is -0.166. The van der Waals surface area contributed by atoms with Crippen molar-refractivity contribution in [3.8, 4) is 5.75 Å². The molecule has 0 saturated carbocycles. The van der Waals surface area contributed by atoms with Gasteiger partial charge in [-0.25, -0.2) is 9.18 Å². The van der Waals surface area contributed by atoms with Gasteiger partial charge in [-0.15, -0.1) is 0 Å². The van der Waals surface area contributed by atoms with E-state index in [9.17, 15) is 14.0 Å². The SMILES string of the molecule is O=C(O)CCCOc1ccc(C(=O)O)cc1F. The molecule has 17 heavy (non-hydrogen) atoms. The van der Waals surface area contributed by atoms with E-state index in [1.54, 1.807) is 0 Å². The number of carboxylic acid groups (broad SMARTS) is 2. The van der Waals surface area contributed by atoms with Crippen molar-refractivity contribution in [3.05, 3.63) is 29.6 Å². The molecule has 0 aromatic heterocycles. The third-order valence-corrected chi connectivity index (χ3v) is 1.97. The molecule has 0 bridgehead atoms. The number of ether oxygens (including phenoxy) is 1. The molecular formula is C11H11FO5. The maximum absolute atomic E-state index is 13.3. The fourth-order valence-corrected chi connectivity index (χ4v) is 1.16. The van der Waals surface area contributed by atoms with Gasteiger partial charge < -0.3 is 14.9 Å². The second-order valence-electron chi connectivity index (χ2n) is 3.30. The summed E-state index contributed by atoms with van der Waals surface area (Å²) >= 11 is 0. The van der Waals surface area contributed by atoms with Crippen LogP contribution in [-0.2, 0) is 4.79 Å². The first-order valence-corrected chi connectivity index (χ1v) is 4.88. The van der Waals surface area contributed by atoms with Crippen LogP contribution < -0.4 is 4.74 Å². The van der Waals surface area contributed by atoms with Crippen molar-refractivity contribution >= 4 is 11.9 Å². The summed E-state index contributed by atoms with van der Waals surface area (Å²) in [6.07, 6.45) is 0.199. The Morgan fingerprint density at radius 3 is 2.53 bits per heavy atom. The van der Waals surface area contributed by atoms with Gasteiger partial charge >= 0.3 is 11.9 Å². The van der Waals surface area contributed by atoms with Crippen LogP contribution in [0.15, 0.2) is 18.2 Å². The van der Waals surface area contributed by atoms with Gasteiger partial charge in [0.15, 0.2) is 11.6 Å². The molecule has 0 radical (unpaired) electrons. The molecule has 0 amide bonds. The molecule has 1 aromatic rings. The van der Waals surface area contributed by atoms with Crippen LogP contribution in [0.25, 0.3) is 0 Å². The van der Waals surface area contributed by atoms with E-state index in [0.717, 1.165) is 6.07 Å². The highest BCUT2D eigenvalue weighted by Gasteiger charge is 2.09. The van der Waals surface area contributed by atoms with Crippen molar-refractivity contribution in [2.24, 2.45) is 0 Å². The molecule has 0 aliphatic heterocycles. The molecule has 0 atom stereocenters. The van der Waals surface area contributed by atoms with Crippen LogP contribution in [-0.4, -0.2) is 28.8 Å². The number of halogens is 1. The Morgan fingerprint density at radius 2 is 2.00 bits per heavy atom. The highest BCUT2D eigenvalue weighted by atomic mass is 19.1. The average molecular weight is 242 g/mol. The number of hydrogen-bond donors (Lipinski definition) is 2. The van der Waals surface area contributed by atoms with E-state index >= 15 is 0 Å². The van der Waals surface area contributed by atoms with E-state index in [4.69, 9.17) is 14.9 Å². The summed E-state index contributed by atoms with van der Waals surface area (Å²) in [4.78, 5) is 20.7. The Kier molecular flexibility index (Phi) is 4.45. The monoisotopic (exact) mass is 242 g/mol. The van der Waals surface area contributed by atoms with E-state index < -0.39 is 17.8 Å². The molecule has 2 N–H and O–H groups in total. The number of aliphatic carboxylic acids is 1. The summed E-state index contributed by atoms with van der Waals surface area (Å²) in [5, 5.41) is 17.0. The third-order valence-electron chi connectivity index (χ3n) is 1.97. The zero-order valence-electron chi connectivity index (χ0n) is 8.85. The zero-order valence-corrected chi connectivity index (χ0v) is 8.85. The third kappa shape index (κ3) is 4.10. The lowest BCUT2D eigenvalue weighted by atomic mass is 10.2. The van der Waals surface area contributed by atoms with E-state index in [0.29, 0.717) is 0 Å². The van der Waals surface area contributed by atoms with Gasteiger partial charge in [-0.1, -0.05) is 0 Å². The molecule has 0 heterocycles. The van der Waals surface area contributed by atoms with Crippen LogP contribution in [0.5, 0.6) is 5.75 Å². The summed E-state index contributed by atoms with van der Waals surface area (Å²) < 4.78 is 18.3. The first-order chi connectivity index (χ1) is 8.00. The average Bonchev–Trinajstić information content (AvgIpc) is 2.25. The zero-order chi connectivity index (χ0) is 12.8. The molecule has 0 spiro atoms.